The number of amides is 3. The van der Waals surface area contributed by atoms with Crippen LogP contribution in [0, 0.1) is 5.92 Å². The minimum atomic E-state index is -0.979. The van der Waals surface area contributed by atoms with E-state index < -0.39 is 23.9 Å². The molecule has 0 aromatic heterocycles. The Bertz CT molecular complexity index is 786. The number of anilines is 2. The van der Waals surface area contributed by atoms with E-state index in [4.69, 9.17) is 4.74 Å². The van der Waals surface area contributed by atoms with Crippen LogP contribution in [0.4, 0.5) is 11.4 Å². The molecule has 8 nitrogen and oxygen atoms in total. The molecule has 156 valence electrons. The second-order valence-electron chi connectivity index (χ2n) is 7.71. The molecule has 8 heteroatoms. The zero-order chi connectivity index (χ0) is 21.0. The molecule has 2 N–H and O–H groups in total. The molecule has 1 aliphatic carbocycles. The molecule has 2 aliphatic rings. The van der Waals surface area contributed by atoms with Crippen LogP contribution in [-0.2, 0) is 23.9 Å². The quantitative estimate of drug-likeness (QED) is 0.712. The third kappa shape index (κ3) is 5.34. The first-order valence-electron chi connectivity index (χ1n) is 10.0. The molecule has 1 aliphatic heterocycles. The van der Waals surface area contributed by atoms with Crippen molar-refractivity contribution in [3.8, 4) is 0 Å². The Balaban J connectivity index is 1.49. The number of hydrogen-bond acceptors (Lipinski definition) is 5. The first-order valence-corrected chi connectivity index (χ1v) is 10.0. The van der Waals surface area contributed by atoms with Crippen molar-refractivity contribution in [3.05, 3.63) is 24.3 Å². The highest BCUT2D eigenvalue weighted by Crippen LogP contribution is 2.30. The largest absolute Gasteiger partial charge is 0.452 e. The number of rotatable bonds is 6. The number of likely N-dealkylation sites (tertiary alicyclic amines) is 1. The summed E-state index contributed by atoms with van der Waals surface area (Å²) in [5, 5.41) is 5.31. The molecular weight excluding hydrogens is 374 g/mol. The van der Waals surface area contributed by atoms with Crippen LogP contribution in [-0.4, -0.2) is 47.3 Å². The number of benzene rings is 1. The van der Waals surface area contributed by atoms with Crippen molar-refractivity contribution < 1.29 is 23.9 Å². The van der Waals surface area contributed by atoms with Gasteiger partial charge in [-0.15, -0.1) is 0 Å². The maximum Gasteiger partial charge on any atom is 0.312 e. The summed E-state index contributed by atoms with van der Waals surface area (Å²) in [5.41, 5.74) is 1.14. The summed E-state index contributed by atoms with van der Waals surface area (Å²) >= 11 is 0. The van der Waals surface area contributed by atoms with Crippen molar-refractivity contribution in [2.75, 3.05) is 17.2 Å². The van der Waals surface area contributed by atoms with E-state index in [1.54, 1.807) is 29.2 Å². The predicted octanol–water partition coefficient (Wildman–Crippen LogP) is 2.31. The second kappa shape index (κ2) is 9.07. The Hall–Kier alpha value is -2.90. The number of carbonyl (C=O) groups excluding carboxylic acids is 4. The van der Waals surface area contributed by atoms with Gasteiger partial charge in [-0.3, -0.25) is 19.2 Å². The highest BCUT2D eigenvalue weighted by molar-refractivity contribution is 5.96. The van der Waals surface area contributed by atoms with Crippen LogP contribution in [0.1, 0.15) is 46.0 Å². The van der Waals surface area contributed by atoms with Gasteiger partial charge in [-0.05, 0) is 44.0 Å². The van der Waals surface area contributed by atoms with E-state index in [0.717, 1.165) is 25.7 Å². The van der Waals surface area contributed by atoms with Crippen molar-refractivity contribution in [3.63, 3.8) is 0 Å². The third-order valence-corrected chi connectivity index (χ3v) is 5.39. The average molecular weight is 401 g/mol. The van der Waals surface area contributed by atoms with Gasteiger partial charge in [0.1, 0.15) is 0 Å². The van der Waals surface area contributed by atoms with E-state index in [2.05, 4.69) is 10.6 Å². The van der Waals surface area contributed by atoms with Crippen molar-refractivity contribution in [1.29, 1.82) is 0 Å². The van der Waals surface area contributed by atoms with Crippen LogP contribution in [0.5, 0.6) is 0 Å². The fourth-order valence-electron chi connectivity index (χ4n) is 3.87. The molecule has 0 bridgehead atoms. The van der Waals surface area contributed by atoms with Gasteiger partial charge >= 0.3 is 5.97 Å². The van der Waals surface area contributed by atoms with Crippen LogP contribution < -0.4 is 10.6 Å². The van der Waals surface area contributed by atoms with Gasteiger partial charge in [0.2, 0.25) is 11.8 Å². The monoisotopic (exact) mass is 401 g/mol. The average Bonchev–Trinajstić information content (AvgIpc) is 3.32. The van der Waals surface area contributed by atoms with E-state index in [9.17, 15) is 19.2 Å². The van der Waals surface area contributed by atoms with E-state index in [-0.39, 0.29) is 24.3 Å². The summed E-state index contributed by atoms with van der Waals surface area (Å²) in [7, 11) is 0. The zero-order valence-electron chi connectivity index (χ0n) is 16.8. The lowest BCUT2D eigenvalue weighted by atomic mass is 10.1. The number of esters is 1. The van der Waals surface area contributed by atoms with Crippen LogP contribution in [0.3, 0.4) is 0 Å². The second-order valence-corrected chi connectivity index (χ2v) is 7.71. The molecule has 3 amide bonds. The highest BCUT2D eigenvalue weighted by Gasteiger charge is 2.40. The summed E-state index contributed by atoms with van der Waals surface area (Å²) in [5.74, 6) is -1.67. The Morgan fingerprint density at radius 1 is 1.07 bits per heavy atom. The number of nitrogens with zero attached hydrogens (tertiary/aromatic N) is 1. The van der Waals surface area contributed by atoms with Crippen LogP contribution in [0.15, 0.2) is 24.3 Å². The lowest BCUT2D eigenvalue weighted by Crippen LogP contribution is -2.36. The summed E-state index contributed by atoms with van der Waals surface area (Å²) in [4.78, 5) is 49.9. The molecule has 0 radical (unpaired) electrons. The Morgan fingerprint density at radius 3 is 2.24 bits per heavy atom. The Morgan fingerprint density at radius 2 is 1.66 bits per heavy atom. The number of hydrogen-bond donors (Lipinski definition) is 2. The van der Waals surface area contributed by atoms with Crippen molar-refractivity contribution in [2.45, 2.75) is 58.1 Å². The highest BCUT2D eigenvalue weighted by atomic mass is 16.5. The molecule has 1 saturated carbocycles. The maximum absolute atomic E-state index is 12.4. The summed E-state index contributed by atoms with van der Waals surface area (Å²) in [6.45, 7) is 3.29. The van der Waals surface area contributed by atoms with E-state index in [0.29, 0.717) is 17.9 Å². The summed E-state index contributed by atoms with van der Waals surface area (Å²) < 4.78 is 5.32. The number of nitrogens with one attached hydrogen (secondary N) is 2. The predicted molar refractivity (Wildman–Crippen MR) is 107 cm³/mol. The van der Waals surface area contributed by atoms with Crippen molar-refractivity contribution >= 4 is 35.1 Å². The summed E-state index contributed by atoms with van der Waals surface area (Å²) in [6, 6.07) is 6.85. The lowest BCUT2D eigenvalue weighted by molar-refractivity contribution is -0.157. The van der Waals surface area contributed by atoms with Gasteiger partial charge in [0.25, 0.3) is 5.91 Å². The molecule has 2 fully saturated rings. The first kappa shape index (κ1) is 20.8. The molecule has 0 unspecified atom stereocenters. The van der Waals surface area contributed by atoms with Gasteiger partial charge in [0, 0.05) is 37.3 Å². The maximum atomic E-state index is 12.4. The smallest absolute Gasteiger partial charge is 0.312 e. The van der Waals surface area contributed by atoms with Gasteiger partial charge in [-0.2, -0.15) is 0 Å². The van der Waals surface area contributed by atoms with E-state index in [1.807, 2.05) is 0 Å². The summed E-state index contributed by atoms with van der Waals surface area (Å²) in [6.07, 6.45) is 3.39. The number of ether oxygens (including phenoxy) is 1. The topological polar surface area (TPSA) is 105 Å². The minimum Gasteiger partial charge on any atom is -0.452 e. The van der Waals surface area contributed by atoms with Gasteiger partial charge in [0.05, 0.1) is 5.92 Å². The van der Waals surface area contributed by atoms with Gasteiger partial charge in [-0.25, -0.2) is 0 Å². The molecule has 3 rings (SSSR count). The fraction of sp³-hybridized carbons (Fsp3) is 0.524. The normalized spacial score (nSPS) is 20.4. The van der Waals surface area contributed by atoms with Gasteiger partial charge in [-0.1, -0.05) is 12.8 Å². The molecule has 1 aromatic carbocycles. The van der Waals surface area contributed by atoms with Crippen LogP contribution in [0.25, 0.3) is 0 Å². The molecule has 1 heterocycles. The van der Waals surface area contributed by atoms with Crippen LogP contribution >= 0.6 is 0 Å². The molecule has 0 spiro atoms. The minimum absolute atomic E-state index is 0.00443. The molecule has 2 atom stereocenters. The number of carbonyl (C=O) groups is 4. The lowest BCUT2D eigenvalue weighted by Gasteiger charge is -2.24. The third-order valence-electron chi connectivity index (χ3n) is 5.39. The zero-order valence-corrected chi connectivity index (χ0v) is 16.8. The van der Waals surface area contributed by atoms with E-state index in [1.165, 1.54) is 13.8 Å². The molecule has 29 heavy (non-hydrogen) atoms. The Kier molecular flexibility index (Phi) is 6.51. The van der Waals surface area contributed by atoms with Gasteiger partial charge < -0.3 is 20.3 Å². The first-order chi connectivity index (χ1) is 13.8. The van der Waals surface area contributed by atoms with Crippen molar-refractivity contribution in [2.24, 2.45) is 5.92 Å². The fourth-order valence-corrected chi connectivity index (χ4v) is 3.87. The molecular formula is C21H27N3O5. The van der Waals surface area contributed by atoms with Crippen molar-refractivity contribution in [1.82, 2.24) is 4.90 Å². The van der Waals surface area contributed by atoms with E-state index >= 15 is 0 Å². The Labute approximate surface area is 170 Å². The molecule has 1 saturated heterocycles. The SMILES string of the molecule is CC(=O)Nc1ccc(NC(=O)[C@@H](C)OC(=O)[C@H]2CC(=O)N(C3CCCC3)C2)cc1. The standard InChI is InChI=1S/C21H27N3O5/c1-13(20(27)23-17-9-7-16(8-10-17)22-14(2)25)29-21(28)15-11-19(26)24(12-15)18-5-3-4-6-18/h7-10,13,15,18H,3-6,11-12H2,1-2H3,(H,22,25)(H,23,27)/t13-,15+/m1/s1. The van der Waals surface area contributed by atoms with Gasteiger partial charge in [0.15, 0.2) is 6.10 Å². The molecule has 1 aromatic rings. The van der Waals surface area contributed by atoms with Crippen LogP contribution in [0.2, 0.25) is 0 Å².